The number of aromatic amines is 1. The van der Waals surface area contributed by atoms with Crippen LogP contribution in [0, 0.1) is 4.64 Å². The average molecular weight is 401 g/mol. The van der Waals surface area contributed by atoms with Crippen LogP contribution < -0.4 is 0 Å². The molecule has 6 nitrogen and oxygen atoms in total. The highest BCUT2D eigenvalue weighted by Gasteiger charge is 2.43. The van der Waals surface area contributed by atoms with Gasteiger partial charge in [-0.15, -0.1) is 11.3 Å². The minimum atomic E-state index is -1.10. The second-order valence-corrected chi connectivity index (χ2v) is 9.02. The van der Waals surface area contributed by atoms with Crippen molar-refractivity contribution in [3.63, 3.8) is 0 Å². The largest absolute Gasteiger partial charge is 0.394 e. The number of nitrogens with zero attached hydrogens (tertiary/aromatic N) is 1. The van der Waals surface area contributed by atoms with Crippen molar-refractivity contribution in [3.05, 3.63) is 15.1 Å². The zero-order valence-corrected chi connectivity index (χ0v) is 15.9. The molecule has 0 aromatic carbocycles. The number of H-pyrrole nitrogens is 1. The van der Waals surface area contributed by atoms with Crippen LogP contribution in [0.2, 0.25) is 0 Å². The molecular formula is C16H20N2O4S3. The van der Waals surface area contributed by atoms with E-state index < -0.39 is 23.7 Å². The van der Waals surface area contributed by atoms with E-state index in [0.717, 1.165) is 23.1 Å². The second-order valence-electron chi connectivity index (χ2n) is 6.44. The summed E-state index contributed by atoms with van der Waals surface area (Å²) < 4.78 is 6.18. The Morgan fingerprint density at radius 2 is 2.04 bits per heavy atom. The first kappa shape index (κ1) is 17.8. The molecule has 4 rings (SSSR count). The smallest absolute Gasteiger partial charge is 0.170 e. The Kier molecular flexibility index (Phi) is 5.16. The van der Waals surface area contributed by atoms with Crippen LogP contribution in [-0.4, -0.2) is 55.6 Å². The topological polar surface area (TPSA) is 98.6 Å². The van der Waals surface area contributed by atoms with Gasteiger partial charge in [-0.25, -0.2) is 4.98 Å². The predicted molar refractivity (Wildman–Crippen MR) is 99.7 cm³/mol. The predicted octanol–water partition coefficient (Wildman–Crippen LogP) is 2.15. The second kappa shape index (κ2) is 7.22. The zero-order valence-electron chi connectivity index (χ0n) is 13.5. The maximum Gasteiger partial charge on any atom is 0.170 e. The fraction of sp³-hybridized carbons (Fsp3) is 0.625. The minimum Gasteiger partial charge on any atom is -0.394 e. The maximum atomic E-state index is 10.1. The third-order valence-electron chi connectivity index (χ3n) is 4.78. The summed E-state index contributed by atoms with van der Waals surface area (Å²) in [7, 11) is 0. The van der Waals surface area contributed by atoms with Gasteiger partial charge in [-0.2, -0.15) is 0 Å². The van der Waals surface area contributed by atoms with Gasteiger partial charge in [-0.05, 0) is 31.2 Å². The fourth-order valence-electron chi connectivity index (χ4n) is 3.45. The van der Waals surface area contributed by atoms with Gasteiger partial charge in [0.25, 0.3) is 0 Å². The van der Waals surface area contributed by atoms with E-state index in [2.05, 4.69) is 9.97 Å². The van der Waals surface area contributed by atoms with Gasteiger partial charge in [0.05, 0.1) is 6.61 Å². The van der Waals surface area contributed by atoms with Gasteiger partial charge in [-0.3, -0.25) is 0 Å². The van der Waals surface area contributed by atoms with Crippen LogP contribution in [0.5, 0.6) is 0 Å². The van der Waals surface area contributed by atoms with Crippen molar-refractivity contribution in [2.75, 3.05) is 6.61 Å². The normalized spacial score (nSPS) is 29.7. The van der Waals surface area contributed by atoms with Crippen molar-refractivity contribution in [1.29, 1.82) is 0 Å². The molecule has 9 heteroatoms. The SMILES string of the molecule is OC[C@H]1O[C@@H](Sc2nc3sc4c(c3c(=S)[nH]2)CCCCC4)[C@@H](O)[C@@H]1O. The molecule has 4 atom stereocenters. The number of nitrogens with one attached hydrogen (secondary N) is 1. The quantitative estimate of drug-likeness (QED) is 0.356. The first-order chi connectivity index (χ1) is 12.1. The first-order valence-corrected chi connectivity index (χ1v) is 10.5. The number of rotatable bonds is 3. The van der Waals surface area contributed by atoms with Crippen molar-refractivity contribution < 1.29 is 20.1 Å². The van der Waals surface area contributed by atoms with Crippen LogP contribution in [0.4, 0.5) is 0 Å². The highest BCUT2D eigenvalue weighted by molar-refractivity contribution is 7.99. The Balaban J connectivity index is 1.65. The Morgan fingerprint density at radius 3 is 2.80 bits per heavy atom. The number of fused-ring (bicyclic) bond motifs is 3. The molecule has 1 aliphatic carbocycles. The van der Waals surface area contributed by atoms with E-state index in [1.165, 1.54) is 41.5 Å². The third kappa shape index (κ3) is 3.27. The number of ether oxygens (including phenoxy) is 1. The Morgan fingerprint density at radius 1 is 1.24 bits per heavy atom. The molecule has 2 aromatic heterocycles. The summed E-state index contributed by atoms with van der Waals surface area (Å²) in [5.41, 5.74) is 0.649. The first-order valence-electron chi connectivity index (χ1n) is 8.42. The van der Waals surface area contributed by atoms with E-state index in [9.17, 15) is 15.3 Å². The molecule has 25 heavy (non-hydrogen) atoms. The molecule has 4 N–H and O–H groups in total. The molecule has 1 saturated heterocycles. The van der Waals surface area contributed by atoms with Crippen LogP contribution >= 0.6 is 35.3 Å². The zero-order chi connectivity index (χ0) is 17.6. The molecule has 2 aromatic rings. The van der Waals surface area contributed by atoms with Gasteiger partial charge in [0.1, 0.15) is 33.2 Å². The molecule has 0 saturated carbocycles. The molecule has 0 bridgehead atoms. The lowest BCUT2D eigenvalue weighted by Gasteiger charge is -2.13. The number of aliphatic hydroxyl groups excluding tert-OH is 3. The van der Waals surface area contributed by atoms with E-state index in [0.29, 0.717) is 9.80 Å². The van der Waals surface area contributed by atoms with Crippen LogP contribution in [0.15, 0.2) is 5.16 Å². The minimum absolute atomic E-state index is 0.338. The highest BCUT2D eigenvalue weighted by atomic mass is 32.2. The Bertz CT molecular complexity index is 837. The lowest BCUT2D eigenvalue weighted by atomic mass is 10.1. The number of hydrogen-bond donors (Lipinski definition) is 4. The van der Waals surface area contributed by atoms with Crippen LogP contribution in [0.3, 0.4) is 0 Å². The lowest BCUT2D eigenvalue weighted by molar-refractivity contribution is -0.00810. The summed E-state index contributed by atoms with van der Waals surface area (Å²) in [4.78, 5) is 10.1. The average Bonchev–Trinajstić information content (AvgIpc) is 2.96. The Labute approximate surface area is 158 Å². The summed E-state index contributed by atoms with van der Waals surface area (Å²) in [5, 5.41) is 30.8. The molecule has 1 fully saturated rings. The highest BCUT2D eigenvalue weighted by Crippen LogP contribution is 2.38. The van der Waals surface area contributed by atoms with Crippen LogP contribution in [0.25, 0.3) is 10.2 Å². The van der Waals surface area contributed by atoms with Gasteiger partial charge >= 0.3 is 0 Å². The van der Waals surface area contributed by atoms with Crippen molar-refractivity contribution in [1.82, 2.24) is 9.97 Å². The summed E-state index contributed by atoms with van der Waals surface area (Å²) >= 11 is 8.46. The van der Waals surface area contributed by atoms with Gasteiger partial charge in [-0.1, -0.05) is 30.4 Å². The number of hydrogen-bond acceptors (Lipinski definition) is 8. The maximum absolute atomic E-state index is 10.1. The van der Waals surface area contributed by atoms with Gasteiger partial charge in [0.15, 0.2) is 5.16 Å². The fourth-order valence-corrected chi connectivity index (χ4v) is 6.25. The van der Waals surface area contributed by atoms with Gasteiger partial charge in [0, 0.05) is 10.3 Å². The molecule has 3 heterocycles. The number of thioether (sulfide) groups is 1. The monoisotopic (exact) mass is 400 g/mol. The molecule has 136 valence electrons. The van der Waals surface area contributed by atoms with Crippen LogP contribution in [-0.2, 0) is 17.6 Å². The van der Waals surface area contributed by atoms with Crippen molar-refractivity contribution >= 4 is 45.5 Å². The van der Waals surface area contributed by atoms with Crippen LogP contribution in [0.1, 0.15) is 29.7 Å². The number of aryl methyl sites for hydroxylation is 2. The van der Waals surface area contributed by atoms with Crippen molar-refractivity contribution in [3.8, 4) is 0 Å². The summed E-state index contributed by atoms with van der Waals surface area (Å²) in [6.45, 7) is -0.338. The Hall–Kier alpha value is -0.550. The number of aliphatic hydroxyl groups is 3. The molecule has 0 radical (unpaired) electrons. The van der Waals surface area contributed by atoms with Gasteiger partial charge < -0.3 is 25.0 Å². The number of aromatic nitrogens is 2. The molecule has 0 unspecified atom stereocenters. The number of thiophene rings is 1. The molecule has 1 aliphatic heterocycles. The molecule has 0 spiro atoms. The summed E-state index contributed by atoms with van der Waals surface area (Å²) in [5.74, 6) is 0. The standard InChI is InChI=1S/C16H20N2O4S3/c19-6-8-11(20)12(21)15(22-8)25-16-17-13(23)10-7-4-2-1-3-5-9(7)24-14(10)18-16/h8,11-12,15,19-21H,1-6H2,(H,17,18,23)/t8-,11-,12+,15+/m1/s1. The van der Waals surface area contributed by atoms with E-state index in [1.54, 1.807) is 11.3 Å². The van der Waals surface area contributed by atoms with E-state index in [1.807, 2.05) is 0 Å². The van der Waals surface area contributed by atoms with E-state index in [4.69, 9.17) is 17.0 Å². The van der Waals surface area contributed by atoms with Gasteiger partial charge in [0.2, 0.25) is 0 Å². The summed E-state index contributed by atoms with van der Waals surface area (Å²) in [6, 6.07) is 0. The van der Waals surface area contributed by atoms with Crippen molar-refractivity contribution in [2.24, 2.45) is 0 Å². The molecular weight excluding hydrogens is 380 g/mol. The molecule has 0 amide bonds. The van der Waals surface area contributed by atoms with Crippen molar-refractivity contribution in [2.45, 2.75) is 61.0 Å². The molecule has 2 aliphatic rings. The lowest BCUT2D eigenvalue weighted by Crippen LogP contribution is -2.33. The van der Waals surface area contributed by atoms with E-state index >= 15 is 0 Å². The third-order valence-corrected chi connectivity index (χ3v) is 7.31. The summed E-state index contributed by atoms with van der Waals surface area (Å²) in [6.07, 6.45) is 2.82. The van der Waals surface area contributed by atoms with E-state index in [-0.39, 0.29) is 6.61 Å².